The molecule has 2 aromatic heterocycles. The van der Waals surface area contributed by atoms with Crippen molar-refractivity contribution in [2.24, 2.45) is 0 Å². The van der Waals surface area contributed by atoms with Gasteiger partial charge in [0.25, 0.3) is 0 Å². The second-order valence-corrected chi connectivity index (χ2v) is 5.91. The van der Waals surface area contributed by atoms with Crippen molar-refractivity contribution < 1.29 is 4.39 Å². The Morgan fingerprint density at radius 3 is 2.40 bits per heavy atom. The first-order valence-corrected chi connectivity index (χ1v) is 8.06. The molecule has 5 heteroatoms. The number of hydrogen-bond acceptors (Lipinski definition) is 3. The molecule has 2 heterocycles. The van der Waals surface area contributed by atoms with E-state index in [0.717, 1.165) is 28.0 Å². The monoisotopic (exact) mass is 332 g/mol. The van der Waals surface area contributed by atoms with Gasteiger partial charge in [-0.1, -0.05) is 30.3 Å². The van der Waals surface area contributed by atoms with Gasteiger partial charge < -0.3 is 5.32 Å². The normalized spacial score (nSPS) is 11.0. The molecule has 0 amide bonds. The lowest BCUT2D eigenvalue weighted by atomic mass is 10.2. The van der Waals surface area contributed by atoms with Crippen LogP contribution in [0.25, 0.3) is 16.7 Å². The first-order chi connectivity index (χ1) is 12.2. The smallest absolute Gasteiger partial charge is 0.150 e. The summed E-state index contributed by atoms with van der Waals surface area (Å²) in [6, 6.07) is 16.6. The van der Waals surface area contributed by atoms with Crippen molar-refractivity contribution in [2.75, 3.05) is 5.32 Å². The molecule has 2 aromatic carbocycles. The zero-order valence-corrected chi connectivity index (χ0v) is 14.0. The highest BCUT2D eigenvalue weighted by atomic mass is 19.1. The quantitative estimate of drug-likeness (QED) is 0.579. The molecule has 25 heavy (non-hydrogen) atoms. The lowest BCUT2D eigenvalue weighted by Gasteiger charge is -2.09. The van der Waals surface area contributed by atoms with Crippen molar-refractivity contribution in [3.63, 3.8) is 0 Å². The second-order valence-electron chi connectivity index (χ2n) is 5.91. The lowest BCUT2D eigenvalue weighted by molar-refractivity contribution is 0.632. The van der Waals surface area contributed by atoms with E-state index in [1.54, 1.807) is 18.2 Å². The molecule has 0 bridgehead atoms. The van der Waals surface area contributed by atoms with E-state index in [1.807, 2.05) is 37.3 Å². The van der Waals surface area contributed by atoms with Gasteiger partial charge in [-0.05, 0) is 43.7 Å². The Labute approximate surface area is 145 Å². The second kappa shape index (κ2) is 6.02. The Kier molecular flexibility index (Phi) is 3.69. The zero-order chi connectivity index (χ0) is 17.4. The molecule has 0 aliphatic heterocycles. The predicted molar refractivity (Wildman–Crippen MR) is 98.0 cm³/mol. The van der Waals surface area contributed by atoms with Gasteiger partial charge in [-0.3, -0.25) is 4.57 Å². The van der Waals surface area contributed by atoms with Crippen molar-refractivity contribution >= 4 is 22.5 Å². The number of aryl methyl sites for hydroxylation is 1. The van der Waals surface area contributed by atoms with Crippen LogP contribution in [0.15, 0.2) is 60.9 Å². The number of halogens is 1. The summed E-state index contributed by atoms with van der Waals surface area (Å²) in [6.07, 6.45) is 1.50. The summed E-state index contributed by atoms with van der Waals surface area (Å²) in [5.74, 6) is 0.288. The molecule has 0 saturated heterocycles. The van der Waals surface area contributed by atoms with Crippen LogP contribution in [-0.2, 0) is 0 Å². The highest BCUT2D eigenvalue weighted by Gasteiger charge is 2.18. The zero-order valence-electron chi connectivity index (χ0n) is 14.0. The van der Waals surface area contributed by atoms with Crippen molar-refractivity contribution in [1.82, 2.24) is 14.5 Å². The van der Waals surface area contributed by atoms with E-state index in [4.69, 9.17) is 0 Å². The molecular weight excluding hydrogens is 315 g/mol. The van der Waals surface area contributed by atoms with E-state index in [2.05, 4.69) is 26.8 Å². The van der Waals surface area contributed by atoms with E-state index < -0.39 is 0 Å². The average molecular weight is 332 g/mol. The summed E-state index contributed by atoms with van der Waals surface area (Å²) in [5, 5.41) is 4.00. The molecule has 0 fully saturated rings. The molecule has 0 aliphatic rings. The van der Waals surface area contributed by atoms with Crippen LogP contribution in [0.2, 0.25) is 0 Å². The third kappa shape index (κ3) is 2.54. The summed E-state index contributed by atoms with van der Waals surface area (Å²) in [7, 11) is 0. The number of rotatable bonds is 3. The van der Waals surface area contributed by atoms with Crippen molar-refractivity contribution in [3.05, 3.63) is 78.0 Å². The Bertz CT molecular complexity index is 1050. The van der Waals surface area contributed by atoms with Gasteiger partial charge in [0.05, 0.1) is 11.1 Å². The molecule has 4 rings (SSSR count). The third-order valence-electron chi connectivity index (χ3n) is 4.43. The largest absolute Gasteiger partial charge is 0.337 e. The Balaban J connectivity index is 1.93. The maximum atomic E-state index is 14.0. The number of nitrogens with one attached hydrogen (secondary N) is 1. The van der Waals surface area contributed by atoms with Crippen molar-refractivity contribution in [3.8, 4) is 5.69 Å². The van der Waals surface area contributed by atoms with Crippen LogP contribution in [-0.4, -0.2) is 14.5 Å². The number of anilines is 2. The number of aromatic nitrogens is 3. The number of nitrogens with zero attached hydrogens (tertiary/aromatic N) is 3. The fourth-order valence-electron chi connectivity index (χ4n) is 3.08. The fraction of sp³-hybridized carbons (Fsp3) is 0.100. The van der Waals surface area contributed by atoms with E-state index in [0.29, 0.717) is 11.5 Å². The summed E-state index contributed by atoms with van der Waals surface area (Å²) < 4.78 is 16.1. The predicted octanol–water partition coefficient (Wildman–Crippen LogP) is 4.92. The number of para-hydroxylation sites is 2. The van der Waals surface area contributed by atoms with Gasteiger partial charge in [-0.25, -0.2) is 14.4 Å². The van der Waals surface area contributed by atoms with E-state index in [-0.39, 0.29) is 5.82 Å². The van der Waals surface area contributed by atoms with Gasteiger partial charge in [-0.15, -0.1) is 0 Å². The van der Waals surface area contributed by atoms with Crippen LogP contribution in [0.5, 0.6) is 0 Å². The maximum Gasteiger partial charge on any atom is 0.150 e. The topological polar surface area (TPSA) is 42.7 Å². The number of hydrogen-bond donors (Lipinski definition) is 1. The van der Waals surface area contributed by atoms with Crippen LogP contribution in [0.3, 0.4) is 0 Å². The molecular formula is C20H17FN4. The average Bonchev–Trinajstić information content (AvgIpc) is 2.89. The highest BCUT2D eigenvalue weighted by Crippen LogP contribution is 2.32. The summed E-state index contributed by atoms with van der Waals surface area (Å²) in [4.78, 5) is 8.83. The van der Waals surface area contributed by atoms with E-state index in [1.165, 1.54) is 12.4 Å². The van der Waals surface area contributed by atoms with Crippen LogP contribution in [0.1, 0.15) is 11.3 Å². The molecule has 4 aromatic rings. The summed E-state index contributed by atoms with van der Waals surface area (Å²) in [6.45, 7) is 4.09. The third-order valence-corrected chi connectivity index (χ3v) is 4.43. The Morgan fingerprint density at radius 1 is 0.920 bits per heavy atom. The number of fused-ring (bicyclic) bond motifs is 1. The SMILES string of the molecule is Cc1c(C)n(-c2ccccc2)c2ncnc(Nc3ccccc3F)c12. The molecule has 0 unspecified atom stereocenters. The van der Waals surface area contributed by atoms with Gasteiger partial charge in [-0.2, -0.15) is 0 Å². The molecule has 0 spiro atoms. The van der Waals surface area contributed by atoms with E-state index >= 15 is 0 Å². The van der Waals surface area contributed by atoms with Gasteiger partial charge >= 0.3 is 0 Å². The minimum absolute atomic E-state index is 0.314. The van der Waals surface area contributed by atoms with Gasteiger partial charge in [0, 0.05) is 11.4 Å². The van der Waals surface area contributed by atoms with Crippen molar-refractivity contribution in [2.45, 2.75) is 13.8 Å². The van der Waals surface area contributed by atoms with Crippen LogP contribution >= 0.6 is 0 Å². The van der Waals surface area contributed by atoms with Crippen LogP contribution in [0.4, 0.5) is 15.9 Å². The minimum atomic E-state index is -0.314. The molecule has 0 aliphatic carbocycles. The van der Waals surface area contributed by atoms with Gasteiger partial charge in [0.1, 0.15) is 18.0 Å². The van der Waals surface area contributed by atoms with Gasteiger partial charge in [0.2, 0.25) is 0 Å². The summed E-state index contributed by atoms with van der Waals surface area (Å²) >= 11 is 0. The van der Waals surface area contributed by atoms with Gasteiger partial charge in [0.15, 0.2) is 5.65 Å². The highest BCUT2D eigenvalue weighted by molar-refractivity contribution is 5.94. The maximum absolute atomic E-state index is 14.0. The number of benzene rings is 2. The summed E-state index contributed by atoms with van der Waals surface area (Å²) in [5.41, 5.74) is 4.38. The molecule has 0 atom stereocenters. The fourth-order valence-corrected chi connectivity index (χ4v) is 3.08. The van der Waals surface area contributed by atoms with E-state index in [9.17, 15) is 4.39 Å². The first-order valence-electron chi connectivity index (χ1n) is 8.06. The van der Waals surface area contributed by atoms with Crippen LogP contribution in [0, 0.1) is 19.7 Å². The Hall–Kier alpha value is -3.21. The Morgan fingerprint density at radius 2 is 1.64 bits per heavy atom. The molecule has 124 valence electrons. The van der Waals surface area contributed by atoms with Crippen LogP contribution < -0.4 is 5.32 Å². The first kappa shape index (κ1) is 15.3. The standard InChI is InChI=1S/C20H17FN4/c1-13-14(2)25(15-8-4-3-5-9-15)20-18(13)19(22-12-23-20)24-17-11-7-6-10-16(17)21/h3-12H,1-2H3,(H,22,23,24). The molecule has 0 saturated carbocycles. The molecule has 4 nitrogen and oxygen atoms in total. The lowest BCUT2D eigenvalue weighted by Crippen LogP contribution is -2.00. The molecule has 0 radical (unpaired) electrons. The van der Waals surface area contributed by atoms with Crippen molar-refractivity contribution in [1.29, 1.82) is 0 Å². The minimum Gasteiger partial charge on any atom is -0.337 e. The molecule has 1 N–H and O–H groups in total.